The summed E-state index contributed by atoms with van der Waals surface area (Å²) in [6.45, 7) is 1.66. The van der Waals surface area contributed by atoms with Crippen LogP contribution in [0.15, 0.2) is 54.6 Å². The van der Waals surface area contributed by atoms with Gasteiger partial charge in [-0.05, 0) is 61.5 Å². The maximum absolute atomic E-state index is 13.1. The van der Waals surface area contributed by atoms with E-state index in [0.717, 1.165) is 15.8 Å². The van der Waals surface area contributed by atoms with E-state index >= 15 is 0 Å². The van der Waals surface area contributed by atoms with E-state index in [2.05, 4.69) is 15.3 Å². The van der Waals surface area contributed by atoms with E-state index in [1.807, 2.05) is 6.07 Å². The summed E-state index contributed by atoms with van der Waals surface area (Å²) < 4.78 is 14.0. The van der Waals surface area contributed by atoms with E-state index in [-0.39, 0.29) is 18.3 Å². The molecular formula is C21H16FN3O2S. The van der Waals surface area contributed by atoms with Gasteiger partial charge in [-0.25, -0.2) is 9.37 Å². The standard InChI is InChI=1S/C21H16FN3O2S/c1-12-16(7-8-17(23-12)13-2-4-14(22)5-3-13)21(27)24-15-6-9-19-18(10-15)25-20(11-26)28-19/h2-10,26H,11H2,1H3,(H,24,27). The summed E-state index contributed by atoms with van der Waals surface area (Å²) in [4.78, 5) is 21.5. The summed E-state index contributed by atoms with van der Waals surface area (Å²) in [5.74, 6) is -0.577. The molecule has 0 unspecified atom stereocenters. The van der Waals surface area contributed by atoms with Crippen molar-refractivity contribution in [1.29, 1.82) is 0 Å². The minimum Gasteiger partial charge on any atom is -0.389 e. The number of aliphatic hydroxyl groups excluding tert-OH is 1. The lowest BCUT2D eigenvalue weighted by Gasteiger charge is -2.09. The monoisotopic (exact) mass is 393 g/mol. The Balaban J connectivity index is 1.57. The first kappa shape index (κ1) is 18.2. The van der Waals surface area contributed by atoms with E-state index in [0.29, 0.717) is 27.6 Å². The molecule has 1 amide bonds. The minimum absolute atomic E-state index is 0.105. The highest BCUT2D eigenvalue weighted by Gasteiger charge is 2.13. The number of halogens is 1. The fourth-order valence-corrected chi connectivity index (χ4v) is 3.71. The van der Waals surface area contributed by atoms with Gasteiger partial charge in [0.25, 0.3) is 5.91 Å². The molecule has 140 valence electrons. The molecule has 7 heteroatoms. The molecule has 0 bridgehead atoms. The molecule has 5 nitrogen and oxygen atoms in total. The van der Waals surface area contributed by atoms with Crippen molar-refractivity contribution in [2.24, 2.45) is 0 Å². The smallest absolute Gasteiger partial charge is 0.257 e. The molecule has 0 spiro atoms. The van der Waals surface area contributed by atoms with Crippen molar-refractivity contribution in [3.05, 3.63) is 76.7 Å². The van der Waals surface area contributed by atoms with Crippen LogP contribution < -0.4 is 5.32 Å². The van der Waals surface area contributed by atoms with Gasteiger partial charge in [0.15, 0.2) is 0 Å². The molecule has 4 aromatic rings. The number of rotatable bonds is 4. The summed E-state index contributed by atoms with van der Waals surface area (Å²) in [5.41, 5.74) is 3.85. The van der Waals surface area contributed by atoms with Crippen LogP contribution in [0.2, 0.25) is 0 Å². The molecule has 4 rings (SSSR count). The van der Waals surface area contributed by atoms with Gasteiger partial charge in [0.05, 0.1) is 33.8 Å². The SMILES string of the molecule is Cc1nc(-c2ccc(F)cc2)ccc1C(=O)Nc1ccc2sc(CO)nc2c1. The van der Waals surface area contributed by atoms with Gasteiger partial charge in [0.1, 0.15) is 10.8 Å². The van der Waals surface area contributed by atoms with Gasteiger partial charge in [0, 0.05) is 11.3 Å². The lowest BCUT2D eigenvalue weighted by molar-refractivity contribution is 0.102. The topological polar surface area (TPSA) is 75.1 Å². The molecule has 0 aliphatic rings. The zero-order valence-corrected chi connectivity index (χ0v) is 15.8. The highest BCUT2D eigenvalue weighted by atomic mass is 32.1. The maximum atomic E-state index is 13.1. The molecule has 0 radical (unpaired) electrons. The van der Waals surface area contributed by atoms with Crippen LogP contribution in [0.1, 0.15) is 21.1 Å². The summed E-state index contributed by atoms with van der Waals surface area (Å²) in [6, 6.07) is 15.0. The van der Waals surface area contributed by atoms with E-state index in [4.69, 9.17) is 0 Å². The van der Waals surface area contributed by atoms with Crippen molar-refractivity contribution in [2.75, 3.05) is 5.32 Å². The number of carbonyl (C=O) groups excluding carboxylic acids is 1. The fourth-order valence-electron chi connectivity index (χ4n) is 2.90. The third-order valence-electron chi connectivity index (χ3n) is 4.30. The normalized spacial score (nSPS) is 11.0. The number of aryl methyl sites for hydroxylation is 1. The van der Waals surface area contributed by atoms with Crippen molar-refractivity contribution >= 4 is 33.1 Å². The molecule has 2 aromatic carbocycles. The van der Waals surface area contributed by atoms with Crippen LogP contribution in [-0.2, 0) is 6.61 Å². The van der Waals surface area contributed by atoms with Crippen LogP contribution in [-0.4, -0.2) is 21.0 Å². The van der Waals surface area contributed by atoms with Crippen molar-refractivity contribution in [2.45, 2.75) is 13.5 Å². The van der Waals surface area contributed by atoms with E-state index in [1.54, 1.807) is 43.3 Å². The number of benzene rings is 2. The number of fused-ring (bicyclic) bond motifs is 1. The van der Waals surface area contributed by atoms with Gasteiger partial charge in [-0.15, -0.1) is 11.3 Å². The zero-order valence-electron chi connectivity index (χ0n) is 14.9. The average Bonchev–Trinajstić information content (AvgIpc) is 3.11. The van der Waals surface area contributed by atoms with E-state index in [1.165, 1.54) is 23.5 Å². The number of carbonyl (C=O) groups is 1. The third kappa shape index (κ3) is 3.62. The van der Waals surface area contributed by atoms with E-state index in [9.17, 15) is 14.3 Å². The lowest BCUT2D eigenvalue weighted by Crippen LogP contribution is -2.14. The molecule has 0 saturated heterocycles. The Bertz CT molecular complexity index is 1170. The molecule has 0 aliphatic carbocycles. The first-order valence-corrected chi connectivity index (χ1v) is 9.40. The molecule has 28 heavy (non-hydrogen) atoms. The number of nitrogens with one attached hydrogen (secondary N) is 1. The number of hydrogen-bond acceptors (Lipinski definition) is 5. The largest absolute Gasteiger partial charge is 0.389 e. The van der Waals surface area contributed by atoms with Crippen LogP contribution >= 0.6 is 11.3 Å². The van der Waals surface area contributed by atoms with Crippen LogP contribution in [0.5, 0.6) is 0 Å². The van der Waals surface area contributed by atoms with Crippen molar-refractivity contribution in [1.82, 2.24) is 9.97 Å². The van der Waals surface area contributed by atoms with Crippen molar-refractivity contribution in [3.8, 4) is 11.3 Å². The highest BCUT2D eigenvalue weighted by Crippen LogP contribution is 2.26. The maximum Gasteiger partial charge on any atom is 0.257 e. The Hall–Kier alpha value is -3.16. The van der Waals surface area contributed by atoms with Gasteiger partial charge >= 0.3 is 0 Å². The number of anilines is 1. The van der Waals surface area contributed by atoms with Gasteiger partial charge < -0.3 is 10.4 Å². The second-order valence-corrected chi connectivity index (χ2v) is 7.35. The summed E-state index contributed by atoms with van der Waals surface area (Å²) in [5, 5.41) is 12.7. The number of nitrogens with zero attached hydrogens (tertiary/aromatic N) is 2. The lowest BCUT2D eigenvalue weighted by atomic mass is 10.1. The molecule has 2 heterocycles. The van der Waals surface area contributed by atoms with Crippen LogP contribution in [0.25, 0.3) is 21.5 Å². The quantitative estimate of drug-likeness (QED) is 0.533. The van der Waals surface area contributed by atoms with Crippen LogP contribution in [0.4, 0.5) is 10.1 Å². The fraction of sp³-hybridized carbons (Fsp3) is 0.0952. The zero-order chi connectivity index (χ0) is 19.7. The second-order valence-electron chi connectivity index (χ2n) is 6.24. The first-order valence-electron chi connectivity index (χ1n) is 8.59. The van der Waals surface area contributed by atoms with Crippen LogP contribution in [0.3, 0.4) is 0 Å². The van der Waals surface area contributed by atoms with Crippen LogP contribution in [0, 0.1) is 12.7 Å². The molecule has 0 aliphatic heterocycles. The van der Waals surface area contributed by atoms with Crippen molar-refractivity contribution < 1.29 is 14.3 Å². The summed E-state index contributed by atoms with van der Waals surface area (Å²) in [7, 11) is 0. The Morgan fingerprint density at radius 1 is 1.11 bits per heavy atom. The number of hydrogen-bond donors (Lipinski definition) is 2. The Morgan fingerprint density at radius 2 is 1.89 bits per heavy atom. The third-order valence-corrected chi connectivity index (χ3v) is 5.32. The first-order chi connectivity index (χ1) is 13.5. The molecule has 0 atom stereocenters. The predicted molar refractivity (Wildman–Crippen MR) is 108 cm³/mol. The van der Waals surface area contributed by atoms with Crippen molar-refractivity contribution in [3.63, 3.8) is 0 Å². The molecular weight excluding hydrogens is 377 g/mol. The van der Waals surface area contributed by atoms with Gasteiger partial charge in [-0.1, -0.05) is 0 Å². The predicted octanol–water partition coefficient (Wildman–Crippen LogP) is 4.55. The number of aromatic nitrogens is 2. The van der Waals surface area contributed by atoms with Gasteiger partial charge in [-0.3, -0.25) is 9.78 Å². The molecule has 2 aromatic heterocycles. The number of pyridine rings is 1. The molecule has 2 N–H and O–H groups in total. The van der Waals surface area contributed by atoms with E-state index < -0.39 is 0 Å². The number of aliphatic hydroxyl groups is 1. The van der Waals surface area contributed by atoms with Gasteiger partial charge in [0.2, 0.25) is 0 Å². The van der Waals surface area contributed by atoms with Gasteiger partial charge in [-0.2, -0.15) is 0 Å². The second kappa shape index (κ2) is 7.46. The Morgan fingerprint density at radius 3 is 2.61 bits per heavy atom. The number of thiazole rings is 1. The minimum atomic E-state index is -0.306. The summed E-state index contributed by atoms with van der Waals surface area (Å²) >= 11 is 1.42. The molecule has 0 fully saturated rings. The highest BCUT2D eigenvalue weighted by molar-refractivity contribution is 7.18. The Labute approximate surface area is 164 Å². The average molecular weight is 393 g/mol. The summed E-state index contributed by atoms with van der Waals surface area (Å²) in [6.07, 6.45) is 0. The Kier molecular flexibility index (Phi) is 4.85. The number of amides is 1. The molecule has 0 saturated carbocycles.